The number of rotatable bonds is 7. The van der Waals surface area contributed by atoms with E-state index in [-0.39, 0.29) is 18.4 Å². The number of hydrogen-bond donors (Lipinski definition) is 0. The van der Waals surface area contributed by atoms with Crippen LogP contribution in [0.2, 0.25) is 0 Å². The fourth-order valence-electron chi connectivity index (χ4n) is 4.64. The number of carbonyl (C=O) groups is 1. The molecule has 1 aliphatic heterocycles. The summed E-state index contributed by atoms with van der Waals surface area (Å²) in [6.45, 7) is 8.32. The summed E-state index contributed by atoms with van der Waals surface area (Å²) in [4.78, 5) is 13.0. The molecular weight excluding hydrogens is 462 g/mol. The average molecular weight is 496 g/mol. The van der Waals surface area contributed by atoms with Crippen LogP contribution in [-0.4, -0.2) is 46.7 Å². The Balaban J connectivity index is 1.69. The number of aromatic nitrogens is 2. The van der Waals surface area contributed by atoms with Gasteiger partial charge >= 0.3 is 5.97 Å². The summed E-state index contributed by atoms with van der Waals surface area (Å²) < 4.78 is 35.8. The zero-order valence-corrected chi connectivity index (χ0v) is 21.6. The lowest BCUT2D eigenvalue weighted by Crippen LogP contribution is -2.38. The second-order valence-corrected chi connectivity index (χ2v) is 11.8. The summed E-state index contributed by atoms with van der Waals surface area (Å²) in [5.74, 6) is -0.313. The fraction of sp³-hybridized carbons (Fsp3) is 0.407. The maximum absolute atomic E-state index is 13.4. The molecule has 8 heteroatoms. The van der Waals surface area contributed by atoms with E-state index in [4.69, 9.17) is 9.84 Å². The van der Waals surface area contributed by atoms with Crippen LogP contribution < -0.4 is 0 Å². The van der Waals surface area contributed by atoms with Crippen molar-refractivity contribution in [2.24, 2.45) is 0 Å². The van der Waals surface area contributed by atoms with Crippen molar-refractivity contribution in [3.63, 3.8) is 0 Å². The highest BCUT2D eigenvalue weighted by Crippen LogP contribution is 2.31. The Bertz CT molecular complexity index is 1280. The minimum atomic E-state index is -3.61. The molecule has 186 valence electrons. The number of hydrogen-bond acceptors (Lipinski definition) is 5. The van der Waals surface area contributed by atoms with E-state index in [1.165, 1.54) is 0 Å². The first kappa shape index (κ1) is 25.1. The van der Waals surface area contributed by atoms with Gasteiger partial charge in [-0.15, -0.1) is 0 Å². The van der Waals surface area contributed by atoms with Crippen molar-refractivity contribution in [2.75, 3.05) is 6.54 Å². The van der Waals surface area contributed by atoms with Crippen LogP contribution in [-0.2, 0) is 32.5 Å². The molecule has 7 nitrogen and oxygen atoms in total. The van der Waals surface area contributed by atoms with E-state index in [9.17, 15) is 13.2 Å². The minimum absolute atomic E-state index is 0.101. The van der Waals surface area contributed by atoms with E-state index in [2.05, 4.69) is 0 Å². The molecular formula is C27H33N3O4S. The lowest BCUT2D eigenvalue weighted by molar-refractivity contribution is -0.153. The second-order valence-electron chi connectivity index (χ2n) is 9.95. The first-order valence-corrected chi connectivity index (χ1v) is 13.4. The van der Waals surface area contributed by atoms with E-state index in [0.29, 0.717) is 18.0 Å². The normalized spacial score (nSPS) is 17.0. The highest BCUT2D eigenvalue weighted by molar-refractivity contribution is 7.89. The molecule has 2 aromatic carbocycles. The van der Waals surface area contributed by atoms with Crippen molar-refractivity contribution in [1.82, 2.24) is 14.1 Å². The van der Waals surface area contributed by atoms with Crippen LogP contribution >= 0.6 is 0 Å². The van der Waals surface area contributed by atoms with Gasteiger partial charge in [0.25, 0.3) is 0 Å². The molecule has 1 fully saturated rings. The maximum Gasteiger partial charge on any atom is 0.310 e. The van der Waals surface area contributed by atoms with Crippen molar-refractivity contribution in [3.8, 4) is 11.3 Å². The number of nitrogens with zero attached hydrogens (tertiary/aromatic N) is 3. The van der Waals surface area contributed by atoms with E-state index in [1.54, 1.807) is 28.6 Å². The van der Waals surface area contributed by atoms with Crippen LogP contribution in [0.15, 0.2) is 65.6 Å². The van der Waals surface area contributed by atoms with Crippen LogP contribution in [0.25, 0.3) is 11.3 Å². The lowest BCUT2D eigenvalue weighted by atomic mass is 10.0. The first-order chi connectivity index (χ1) is 16.6. The number of esters is 1. The molecule has 0 bridgehead atoms. The Morgan fingerprint density at radius 1 is 1.06 bits per heavy atom. The van der Waals surface area contributed by atoms with Gasteiger partial charge in [0.05, 0.1) is 29.2 Å². The molecule has 1 unspecified atom stereocenters. The molecule has 0 saturated carbocycles. The van der Waals surface area contributed by atoms with Crippen molar-refractivity contribution in [2.45, 2.75) is 70.0 Å². The van der Waals surface area contributed by atoms with Gasteiger partial charge in [-0.05, 0) is 52.7 Å². The Kier molecular flexibility index (Phi) is 7.15. The summed E-state index contributed by atoms with van der Waals surface area (Å²) in [5.41, 5.74) is 2.73. The van der Waals surface area contributed by atoms with Gasteiger partial charge < -0.3 is 4.74 Å². The zero-order chi connectivity index (χ0) is 25.2. The highest BCUT2D eigenvalue weighted by Gasteiger charge is 2.36. The topological polar surface area (TPSA) is 81.5 Å². The van der Waals surface area contributed by atoms with Crippen LogP contribution in [0.5, 0.6) is 0 Å². The van der Waals surface area contributed by atoms with E-state index in [0.717, 1.165) is 35.4 Å². The third-order valence-corrected chi connectivity index (χ3v) is 8.06. The predicted octanol–water partition coefficient (Wildman–Crippen LogP) is 4.60. The van der Waals surface area contributed by atoms with Gasteiger partial charge in [0.2, 0.25) is 10.0 Å². The molecule has 0 radical (unpaired) electrons. The Morgan fingerprint density at radius 3 is 2.31 bits per heavy atom. The van der Waals surface area contributed by atoms with Crippen LogP contribution in [0.3, 0.4) is 0 Å². The summed E-state index contributed by atoms with van der Waals surface area (Å²) in [5, 5.41) is 4.78. The first-order valence-electron chi connectivity index (χ1n) is 12.0. The number of aryl methyl sites for hydroxylation is 1. The van der Waals surface area contributed by atoms with Gasteiger partial charge in [0, 0.05) is 23.7 Å². The highest BCUT2D eigenvalue weighted by atomic mass is 32.2. The Labute approximate surface area is 207 Å². The van der Waals surface area contributed by atoms with Gasteiger partial charge in [0.1, 0.15) is 5.60 Å². The monoisotopic (exact) mass is 495 g/mol. The number of ether oxygens (including phenoxy) is 1. The molecule has 35 heavy (non-hydrogen) atoms. The third kappa shape index (κ3) is 5.65. The number of carbonyl (C=O) groups excluding carboxylic acids is 1. The van der Waals surface area contributed by atoms with Crippen LogP contribution in [0.1, 0.15) is 44.9 Å². The van der Waals surface area contributed by atoms with Crippen LogP contribution in [0.4, 0.5) is 0 Å². The summed E-state index contributed by atoms with van der Waals surface area (Å²) >= 11 is 0. The minimum Gasteiger partial charge on any atom is -0.460 e. The summed E-state index contributed by atoms with van der Waals surface area (Å²) in [6.07, 6.45) is 1.65. The van der Waals surface area contributed by atoms with Gasteiger partial charge in [-0.3, -0.25) is 9.48 Å². The molecule has 1 saturated heterocycles. The molecule has 2 heterocycles. The fourth-order valence-corrected chi connectivity index (χ4v) is 6.34. The molecule has 1 atom stereocenters. The molecule has 0 aliphatic carbocycles. The zero-order valence-electron chi connectivity index (χ0n) is 20.8. The quantitative estimate of drug-likeness (QED) is 0.448. The molecule has 0 N–H and O–H groups in total. The van der Waals surface area contributed by atoms with Gasteiger partial charge in [-0.25, -0.2) is 8.42 Å². The number of sulfonamides is 1. The largest absolute Gasteiger partial charge is 0.460 e. The average Bonchev–Trinajstić information content (AvgIpc) is 3.39. The smallest absolute Gasteiger partial charge is 0.310 e. The maximum atomic E-state index is 13.4. The molecule has 3 aromatic rings. The third-order valence-electron chi connectivity index (χ3n) is 6.10. The molecule has 0 spiro atoms. The van der Waals surface area contributed by atoms with Gasteiger partial charge in [-0.2, -0.15) is 9.40 Å². The van der Waals surface area contributed by atoms with E-state index >= 15 is 0 Å². The second kappa shape index (κ2) is 9.95. The molecule has 4 rings (SSSR count). The SMILES string of the molecule is Cc1nn(CC2CCCN2S(=O)(=O)c2ccccc2)c(-c2ccccc2)c1CC(=O)OC(C)(C)C. The van der Waals surface area contributed by atoms with Crippen molar-refractivity contribution in [1.29, 1.82) is 0 Å². The van der Waals surface area contributed by atoms with Crippen molar-refractivity contribution >= 4 is 16.0 Å². The van der Waals surface area contributed by atoms with Crippen molar-refractivity contribution < 1.29 is 17.9 Å². The predicted molar refractivity (Wildman–Crippen MR) is 135 cm³/mol. The Hall–Kier alpha value is -2.97. The number of benzene rings is 2. The van der Waals surface area contributed by atoms with E-state index < -0.39 is 15.6 Å². The Morgan fingerprint density at radius 2 is 1.69 bits per heavy atom. The molecule has 1 aliphatic rings. The van der Waals surface area contributed by atoms with Crippen molar-refractivity contribution in [3.05, 3.63) is 71.9 Å². The summed E-state index contributed by atoms with van der Waals surface area (Å²) in [7, 11) is -3.61. The standard InChI is InChI=1S/C27H33N3O4S/c1-20-24(18-25(31)34-27(2,3)4)26(21-12-7-5-8-13-21)29(28-20)19-22-14-11-17-30(22)35(32,33)23-15-9-6-10-16-23/h5-10,12-13,15-16,22H,11,14,17-19H2,1-4H3. The van der Waals surface area contributed by atoms with E-state index in [1.807, 2.05) is 68.8 Å². The van der Waals surface area contributed by atoms with Gasteiger partial charge in [0.15, 0.2) is 0 Å². The lowest BCUT2D eigenvalue weighted by Gasteiger charge is -2.25. The van der Waals surface area contributed by atoms with Crippen LogP contribution in [0, 0.1) is 6.92 Å². The molecule has 1 aromatic heterocycles. The molecule has 0 amide bonds. The summed E-state index contributed by atoms with van der Waals surface area (Å²) in [6, 6.07) is 18.1. The van der Waals surface area contributed by atoms with Gasteiger partial charge in [-0.1, -0.05) is 48.5 Å².